The Balaban J connectivity index is 2.03. The predicted octanol–water partition coefficient (Wildman–Crippen LogP) is 4.07. The van der Waals surface area contributed by atoms with Crippen LogP contribution in [0.4, 0.5) is 0 Å². The Hall–Kier alpha value is -2.45. The number of nitrogens with one attached hydrogen (secondary N) is 1. The van der Waals surface area contributed by atoms with Crippen molar-refractivity contribution >= 4 is 17.7 Å². The maximum atomic E-state index is 13.6. The van der Waals surface area contributed by atoms with E-state index in [1.165, 1.54) is 5.56 Å². The van der Waals surface area contributed by atoms with Crippen LogP contribution in [0.5, 0.6) is 0 Å². The molecule has 0 spiro atoms. The molecule has 1 saturated heterocycles. The van der Waals surface area contributed by atoms with Gasteiger partial charge in [0.2, 0.25) is 17.7 Å². The van der Waals surface area contributed by atoms with Crippen LogP contribution in [-0.2, 0) is 30.3 Å². The van der Waals surface area contributed by atoms with E-state index in [1.54, 1.807) is 19.1 Å². The van der Waals surface area contributed by atoms with Crippen molar-refractivity contribution in [1.29, 1.82) is 0 Å². The van der Waals surface area contributed by atoms with E-state index in [-0.39, 0.29) is 60.6 Å². The molecular formula is C31H51N3O5. The average molecular weight is 546 g/mol. The molecule has 1 heterocycles. The lowest BCUT2D eigenvalue weighted by molar-refractivity contribution is -0.144. The highest BCUT2D eigenvalue weighted by Gasteiger charge is 2.39. The second kappa shape index (κ2) is 16.6. The first-order chi connectivity index (χ1) is 18.6. The van der Waals surface area contributed by atoms with E-state index in [4.69, 9.17) is 9.47 Å². The van der Waals surface area contributed by atoms with Crippen LogP contribution < -0.4 is 5.32 Å². The Kier molecular flexibility index (Phi) is 14.0. The maximum Gasteiger partial charge on any atom is 0.225 e. The molecule has 1 aromatic rings. The topological polar surface area (TPSA) is 88.2 Å². The van der Waals surface area contributed by atoms with E-state index in [9.17, 15) is 14.4 Å². The minimum Gasteiger partial charge on any atom is -0.379 e. The summed E-state index contributed by atoms with van der Waals surface area (Å²) < 4.78 is 11.6. The van der Waals surface area contributed by atoms with Gasteiger partial charge in [-0.05, 0) is 36.7 Å². The first-order valence-corrected chi connectivity index (χ1v) is 14.5. The summed E-state index contributed by atoms with van der Waals surface area (Å²) in [6.45, 7) is 9.46. The number of carbonyl (C=O) groups is 3. The number of rotatable bonds is 16. The van der Waals surface area contributed by atoms with Gasteiger partial charge in [-0.15, -0.1) is 0 Å². The molecular weight excluding hydrogens is 494 g/mol. The summed E-state index contributed by atoms with van der Waals surface area (Å²) in [6.07, 6.45) is 3.34. The van der Waals surface area contributed by atoms with Crippen LogP contribution in [0.15, 0.2) is 30.3 Å². The minimum absolute atomic E-state index is 0.0195. The molecule has 0 aliphatic carbocycles. The largest absolute Gasteiger partial charge is 0.379 e. The number of methoxy groups -OCH3 is 2. The highest BCUT2D eigenvalue weighted by Crippen LogP contribution is 2.28. The average Bonchev–Trinajstić information content (AvgIpc) is 3.41. The Morgan fingerprint density at radius 2 is 1.74 bits per heavy atom. The van der Waals surface area contributed by atoms with Gasteiger partial charge in [0, 0.05) is 40.8 Å². The predicted molar refractivity (Wildman–Crippen MR) is 154 cm³/mol. The fourth-order valence-corrected chi connectivity index (χ4v) is 5.64. The van der Waals surface area contributed by atoms with Gasteiger partial charge in [-0.3, -0.25) is 14.4 Å². The molecule has 1 aromatic carbocycles. The number of hydrogen-bond acceptors (Lipinski definition) is 5. The SMILES string of the molecule is CC[C@H](C)C(C(CC(=O)N1CCCC1C(CC(=O)NCCc1ccccc1)OC)OC)N(C)C(=O)CC(C)C. The van der Waals surface area contributed by atoms with Crippen molar-refractivity contribution in [2.45, 2.75) is 96.9 Å². The highest BCUT2D eigenvalue weighted by molar-refractivity contribution is 5.79. The molecule has 0 aromatic heterocycles. The lowest BCUT2D eigenvalue weighted by atomic mass is 9.90. The quantitative estimate of drug-likeness (QED) is 0.338. The summed E-state index contributed by atoms with van der Waals surface area (Å²) in [7, 11) is 5.05. The van der Waals surface area contributed by atoms with Gasteiger partial charge in [-0.1, -0.05) is 64.4 Å². The van der Waals surface area contributed by atoms with Gasteiger partial charge in [-0.25, -0.2) is 0 Å². The molecule has 1 fully saturated rings. The van der Waals surface area contributed by atoms with Crippen molar-refractivity contribution in [3.8, 4) is 0 Å². The van der Waals surface area contributed by atoms with Crippen molar-refractivity contribution in [2.75, 3.05) is 34.4 Å². The molecule has 2 rings (SSSR count). The van der Waals surface area contributed by atoms with E-state index < -0.39 is 6.10 Å². The van der Waals surface area contributed by atoms with Crippen LogP contribution in [0.3, 0.4) is 0 Å². The van der Waals surface area contributed by atoms with E-state index in [1.807, 2.05) is 56.1 Å². The lowest BCUT2D eigenvalue weighted by Gasteiger charge is -2.39. The first-order valence-electron chi connectivity index (χ1n) is 14.5. The molecule has 3 amide bonds. The van der Waals surface area contributed by atoms with Crippen molar-refractivity contribution < 1.29 is 23.9 Å². The third-order valence-electron chi connectivity index (χ3n) is 8.03. The molecule has 1 aliphatic heterocycles. The van der Waals surface area contributed by atoms with E-state index in [2.05, 4.69) is 19.2 Å². The summed E-state index contributed by atoms with van der Waals surface area (Å²) in [6, 6.07) is 9.68. The van der Waals surface area contributed by atoms with Crippen molar-refractivity contribution in [1.82, 2.24) is 15.1 Å². The van der Waals surface area contributed by atoms with Crippen LogP contribution in [-0.4, -0.2) is 86.2 Å². The molecule has 4 unspecified atom stereocenters. The van der Waals surface area contributed by atoms with Gasteiger partial charge in [0.1, 0.15) is 0 Å². The molecule has 8 heteroatoms. The summed E-state index contributed by atoms with van der Waals surface area (Å²) in [5.74, 6) is 0.404. The molecule has 39 heavy (non-hydrogen) atoms. The fraction of sp³-hybridized carbons (Fsp3) is 0.710. The fourth-order valence-electron chi connectivity index (χ4n) is 5.64. The van der Waals surface area contributed by atoms with Crippen LogP contribution in [0, 0.1) is 11.8 Å². The number of nitrogens with zero attached hydrogens (tertiary/aromatic N) is 2. The Labute approximate surface area is 235 Å². The molecule has 1 N–H and O–H groups in total. The first kappa shape index (κ1) is 32.8. The summed E-state index contributed by atoms with van der Waals surface area (Å²) in [5.41, 5.74) is 1.17. The molecule has 0 saturated carbocycles. The number of benzene rings is 1. The molecule has 220 valence electrons. The van der Waals surface area contributed by atoms with Gasteiger partial charge in [-0.2, -0.15) is 0 Å². The lowest BCUT2D eigenvalue weighted by Crippen LogP contribution is -2.52. The third-order valence-corrected chi connectivity index (χ3v) is 8.03. The van der Waals surface area contributed by atoms with E-state index >= 15 is 0 Å². The smallest absolute Gasteiger partial charge is 0.225 e. The molecule has 0 bridgehead atoms. The molecule has 0 radical (unpaired) electrons. The number of carbonyl (C=O) groups excluding carboxylic acids is 3. The molecule has 5 atom stereocenters. The number of amides is 3. The normalized spacial score (nSPS) is 18.5. The standard InChI is InChI=1S/C31H51N3O5/c1-8-23(4)31(33(5)29(36)19-22(2)3)27(39-7)21-30(37)34-18-12-15-25(34)26(38-6)20-28(35)32-17-16-24-13-10-9-11-14-24/h9-11,13-14,22-23,25-27,31H,8,12,15-21H2,1-7H3,(H,32,35)/t23-,25?,26?,27?,31?/m0/s1. The van der Waals surface area contributed by atoms with Crippen molar-refractivity contribution in [3.63, 3.8) is 0 Å². The van der Waals surface area contributed by atoms with Crippen molar-refractivity contribution in [2.24, 2.45) is 11.8 Å². The van der Waals surface area contributed by atoms with Gasteiger partial charge in [0.05, 0.1) is 37.1 Å². The monoisotopic (exact) mass is 545 g/mol. The van der Waals surface area contributed by atoms with Crippen LogP contribution in [0.1, 0.15) is 71.8 Å². The Morgan fingerprint density at radius 1 is 1.05 bits per heavy atom. The Bertz CT molecular complexity index is 893. The van der Waals surface area contributed by atoms with Crippen molar-refractivity contribution in [3.05, 3.63) is 35.9 Å². The highest BCUT2D eigenvalue weighted by atomic mass is 16.5. The molecule has 1 aliphatic rings. The maximum absolute atomic E-state index is 13.6. The zero-order valence-electron chi connectivity index (χ0n) is 25.2. The minimum atomic E-state index is -0.419. The third kappa shape index (κ3) is 9.91. The second-order valence-corrected chi connectivity index (χ2v) is 11.3. The summed E-state index contributed by atoms with van der Waals surface area (Å²) in [4.78, 5) is 42.9. The summed E-state index contributed by atoms with van der Waals surface area (Å²) in [5, 5.41) is 3.00. The van der Waals surface area contributed by atoms with Gasteiger partial charge in [0.25, 0.3) is 0 Å². The number of hydrogen-bond donors (Lipinski definition) is 1. The number of likely N-dealkylation sites (tertiary alicyclic amines) is 1. The van der Waals surface area contributed by atoms with Gasteiger partial charge in [0.15, 0.2) is 0 Å². The zero-order chi connectivity index (χ0) is 28.9. The van der Waals surface area contributed by atoms with E-state index in [0.717, 1.165) is 25.7 Å². The molecule has 8 nitrogen and oxygen atoms in total. The van der Waals surface area contributed by atoms with Crippen LogP contribution in [0.2, 0.25) is 0 Å². The van der Waals surface area contributed by atoms with Crippen LogP contribution >= 0.6 is 0 Å². The Morgan fingerprint density at radius 3 is 2.33 bits per heavy atom. The number of likely N-dealkylation sites (N-methyl/N-ethyl adjacent to an activating group) is 1. The second-order valence-electron chi connectivity index (χ2n) is 11.3. The van der Waals surface area contributed by atoms with Crippen LogP contribution in [0.25, 0.3) is 0 Å². The summed E-state index contributed by atoms with van der Waals surface area (Å²) >= 11 is 0. The number of ether oxygens (including phenoxy) is 2. The van der Waals surface area contributed by atoms with Gasteiger partial charge >= 0.3 is 0 Å². The van der Waals surface area contributed by atoms with Gasteiger partial charge < -0.3 is 24.6 Å². The zero-order valence-corrected chi connectivity index (χ0v) is 25.2. The van der Waals surface area contributed by atoms with E-state index in [0.29, 0.717) is 19.5 Å².